The molecule has 0 saturated heterocycles. The van der Waals surface area contributed by atoms with Gasteiger partial charge in [0.1, 0.15) is 0 Å². The van der Waals surface area contributed by atoms with Crippen LogP contribution in [0.1, 0.15) is 47.2 Å². The lowest BCUT2D eigenvalue weighted by atomic mass is 9.70. The number of imidazole rings is 2. The number of rotatable bonds is 4. The Bertz CT molecular complexity index is 3700. The molecule has 0 amide bonds. The molecule has 3 aliphatic carbocycles. The van der Waals surface area contributed by atoms with Gasteiger partial charge < -0.3 is 4.90 Å². The molecule has 9 aromatic carbocycles. The molecule has 3 aliphatic rings. The van der Waals surface area contributed by atoms with Crippen molar-refractivity contribution in [2.75, 3.05) is 4.90 Å². The van der Waals surface area contributed by atoms with Crippen molar-refractivity contribution in [2.45, 2.75) is 24.7 Å². The third kappa shape index (κ3) is 4.32. The fourth-order valence-corrected chi connectivity index (χ4v) is 12.0. The van der Waals surface area contributed by atoms with Gasteiger partial charge in [0.05, 0.1) is 44.5 Å². The summed E-state index contributed by atoms with van der Waals surface area (Å²) in [7, 11) is 0. The number of fused-ring (bicyclic) bond motifs is 18. The van der Waals surface area contributed by atoms with Crippen LogP contribution in [-0.4, -0.2) is 14.0 Å². The lowest BCUT2D eigenvalue weighted by molar-refractivity contribution is 0.660. The average molecular weight is 805 g/mol. The Morgan fingerprint density at radius 2 is 0.937 bits per heavy atom. The van der Waals surface area contributed by atoms with Crippen LogP contribution < -0.4 is 4.90 Å². The zero-order chi connectivity index (χ0) is 41.6. The van der Waals surface area contributed by atoms with E-state index in [1.807, 2.05) is 0 Å². The molecule has 14 rings (SSSR count). The lowest BCUT2D eigenvalue weighted by Gasteiger charge is -2.33. The Hall–Kier alpha value is -7.95. The fraction of sp³-hybridized carbons (Fsp3) is 0.0678. The predicted octanol–water partition coefficient (Wildman–Crippen LogP) is 14.6. The van der Waals surface area contributed by atoms with Crippen molar-refractivity contribution < 1.29 is 0 Å². The van der Waals surface area contributed by atoms with E-state index in [2.05, 4.69) is 234 Å². The molecule has 0 unspecified atom stereocenters. The second-order valence-corrected chi connectivity index (χ2v) is 17.9. The molecule has 63 heavy (non-hydrogen) atoms. The predicted molar refractivity (Wildman–Crippen MR) is 258 cm³/mol. The molecule has 0 atom stereocenters. The Morgan fingerprint density at radius 3 is 1.68 bits per heavy atom. The number of hydrogen-bond donors (Lipinski definition) is 0. The van der Waals surface area contributed by atoms with E-state index in [-0.39, 0.29) is 5.41 Å². The summed E-state index contributed by atoms with van der Waals surface area (Å²) in [6.07, 6.45) is 0. The Balaban J connectivity index is 1.10. The van der Waals surface area contributed by atoms with Crippen molar-refractivity contribution in [1.82, 2.24) is 14.0 Å². The van der Waals surface area contributed by atoms with Crippen molar-refractivity contribution in [3.63, 3.8) is 0 Å². The lowest BCUT2D eigenvalue weighted by Crippen LogP contribution is -2.26. The molecule has 0 radical (unpaired) electrons. The molecule has 0 aliphatic heterocycles. The van der Waals surface area contributed by atoms with Crippen LogP contribution in [0.4, 0.5) is 17.1 Å². The van der Waals surface area contributed by atoms with Gasteiger partial charge in [0.2, 0.25) is 5.78 Å². The molecule has 0 bridgehead atoms. The standard InChI is InChI=1S/C59H40N4/c1-58(2)43-22-7-3-18-38(43)41-35-34-37(36-48(41)58)61(51-29-13-14-30-52(51)63-54-32-16-15-31-53(54)62-50-28-12-11-27-49(50)60-57(62)63)55-33-17-26-47-56(55)42-21-6-10-25-46(42)59(47)44-23-8-4-19-39(44)40-20-5-9-24-45(40)59/h3-36H,1-2H3. The highest BCUT2D eigenvalue weighted by Gasteiger charge is 2.52. The summed E-state index contributed by atoms with van der Waals surface area (Å²) in [6.45, 7) is 4.75. The minimum atomic E-state index is -0.472. The van der Waals surface area contributed by atoms with Gasteiger partial charge >= 0.3 is 0 Å². The first kappa shape index (κ1) is 34.7. The second kappa shape index (κ2) is 12.3. The summed E-state index contributed by atoms with van der Waals surface area (Å²) in [5, 5.41) is 0. The van der Waals surface area contributed by atoms with Crippen LogP contribution in [0.25, 0.3) is 66.9 Å². The van der Waals surface area contributed by atoms with Gasteiger partial charge in [0.25, 0.3) is 0 Å². The topological polar surface area (TPSA) is 25.5 Å². The van der Waals surface area contributed by atoms with Gasteiger partial charge in [-0.2, -0.15) is 0 Å². The number of aromatic nitrogens is 3. The third-order valence-electron chi connectivity index (χ3n) is 14.5. The van der Waals surface area contributed by atoms with Gasteiger partial charge in [-0.15, -0.1) is 0 Å². The van der Waals surface area contributed by atoms with Crippen molar-refractivity contribution in [3.8, 4) is 39.1 Å². The summed E-state index contributed by atoms with van der Waals surface area (Å²) in [4.78, 5) is 7.90. The quantitative estimate of drug-likeness (QED) is 0.177. The minimum Gasteiger partial charge on any atom is -0.308 e. The van der Waals surface area contributed by atoms with E-state index in [1.165, 1.54) is 66.8 Å². The van der Waals surface area contributed by atoms with Crippen LogP contribution in [-0.2, 0) is 10.8 Å². The number of anilines is 3. The summed E-state index contributed by atoms with van der Waals surface area (Å²) in [6, 6.07) is 76.5. The summed E-state index contributed by atoms with van der Waals surface area (Å²) < 4.78 is 4.68. The van der Waals surface area contributed by atoms with Crippen LogP contribution in [0.5, 0.6) is 0 Å². The van der Waals surface area contributed by atoms with E-state index in [4.69, 9.17) is 4.98 Å². The summed E-state index contributed by atoms with van der Waals surface area (Å²) in [5.74, 6) is 0.886. The van der Waals surface area contributed by atoms with Gasteiger partial charge in [-0.05, 0) is 116 Å². The van der Waals surface area contributed by atoms with Gasteiger partial charge in [-0.1, -0.05) is 166 Å². The van der Waals surface area contributed by atoms with Gasteiger partial charge in [0.15, 0.2) is 0 Å². The van der Waals surface area contributed by atoms with Gasteiger partial charge in [0, 0.05) is 16.7 Å². The third-order valence-corrected chi connectivity index (χ3v) is 14.5. The van der Waals surface area contributed by atoms with Crippen molar-refractivity contribution in [3.05, 3.63) is 240 Å². The van der Waals surface area contributed by atoms with Crippen LogP contribution in [0.2, 0.25) is 0 Å². The van der Waals surface area contributed by atoms with Crippen LogP contribution >= 0.6 is 0 Å². The number of benzene rings is 9. The first-order valence-corrected chi connectivity index (χ1v) is 22.0. The van der Waals surface area contributed by atoms with Crippen LogP contribution in [0.15, 0.2) is 206 Å². The Kier molecular flexibility index (Phi) is 6.80. The number of para-hydroxylation sites is 6. The molecule has 11 aromatic rings. The zero-order valence-electron chi connectivity index (χ0n) is 34.9. The molecule has 2 aromatic heterocycles. The molecule has 296 valence electrons. The molecule has 1 spiro atoms. The molecule has 0 N–H and O–H groups in total. The van der Waals surface area contributed by atoms with E-state index < -0.39 is 5.41 Å². The maximum Gasteiger partial charge on any atom is 0.220 e. The highest BCUT2D eigenvalue weighted by molar-refractivity contribution is 6.03. The first-order chi connectivity index (χ1) is 31.0. The fourth-order valence-electron chi connectivity index (χ4n) is 12.0. The summed E-state index contributed by atoms with van der Waals surface area (Å²) >= 11 is 0. The largest absolute Gasteiger partial charge is 0.308 e. The highest BCUT2D eigenvalue weighted by Crippen LogP contribution is 2.65. The van der Waals surface area contributed by atoms with E-state index in [9.17, 15) is 0 Å². The molecular weight excluding hydrogens is 765 g/mol. The first-order valence-electron chi connectivity index (χ1n) is 22.0. The van der Waals surface area contributed by atoms with Crippen LogP contribution in [0, 0.1) is 0 Å². The van der Waals surface area contributed by atoms with E-state index in [0.717, 1.165) is 50.6 Å². The van der Waals surface area contributed by atoms with Crippen molar-refractivity contribution in [2.24, 2.45) is 0 Å². The Labute approximate surface area is 365 Å². The smallest absolute Gasteiger partial charge is 0.220 e. The zero-order valence-corrected chi connectivity index (χ0v) is 34.9. The maximum atomic E-state index is 5.35. The maximum absolute atomic E-state index is 5.35. The van der Waals surface area contributed by atoms with Gasteiger partial charge in [-0.25, -0.2) is 4.98 Å². The summed E-state index contributed by atoms with van der Waals surface area (Å²) in [5.41, 5.74) is 23.8. The molecule has 4 heteroatoms. The molecule has 4 nitrogen and oxygen atoms in total. The van der Waals surface area contributed by atoms with E-state index in [0.29, 0.717) is 0 Å². The minimum absolute atomic E-state index is 0.182. The average Bonchev–Trinajstić information content (AvgIpc) is 4.09. The van der Waals surface area contributed by atoms with Crippen molar-refractivity contribution >= 4 is 44.9 Å². The molecule has 0 fully saturated rings. The normalized spacial score (nSPS) is 14.4. The second-order valence-electron chi connectivity index (χ2n) is 17.9. The highest BCUT2D eigenvalue weighted by atomic mass is 15.2. The monoisotopic (exact) mass is 804 g/mol. The molecule has 0 saturated carbocycles. The molecular formula is C59H40N4. The van der Waals surface area contributed by atoms with Crippen molar-refractivity contribution in [1.29, 1.82) is 0 Å². The van der Waals surface area contributed by atoms with E-state index in [1.54, 1.807) is 0 Å². The van der Waals surface area contributed by atoms with E-state index >= 15 is 0 Å². The molecule has 2 heterocycles. The number of nitrogens with zero attached hydrogens (tertiary/aromatic N) is 4. The SMILES string of the molecule is CC1(C)c2ccccc2-c2ccc(N(c3ccccc3-n3c4ccccc4n4c5ccccc5nc34)c3cccc4c3-c3ccccc3C43c4ccccc4-c4ccccc43)cc21. The number of hydrogen-bond acceptors (Lipinski definition) is 2. The van der Waals surface area contributed by atoms with Crippen LogP contribution in [0.3, 0.4) is 0 Å². The van der Waals surface area contributed by atoms with Gasteiger partial charge in [-0.3, -0.25) is 8.97 Å². The Morgan fingerprint density at radius 1 is 0.413 bits per heavy atom.